The van der Waals surface area contributed by atoms with Crippen LogP contribution in [0.15, 0.2) is 18.3 Å². The third-order valence-corrected chi connectivity index (χ3v) is 2.81. The smallest absolute Gasteiger partial charge is 0.238 e. The van der Waals surface area contributed by atoms with Crippen molar-refractivity contribution >= 4 is 11.6 Å². The molecule has 1 aromatic rings. The normalized spacial score (nSPS) is 16.3. The minimum atomic E-state index is -0.0103. The summed E-state index contributed by atoms with van der Waals surface area (Å²) in [6.07, 6.45) is 1.59. The van der Waals surface area contributed by atoms with Crippen LogP contribution >= 0.6 is 0 Å². The lowest BCUT2D eigenvalue weighted by atomic mass is 10.3. The van der Waals surface area contributed by atoms with E-state index in [1.807, 2.05) is 0 Å². The first-order valence-corrected chi connectivity index (χ1v) is 6.01. The molecule has 0 saturated carbocycles. The van der Waals surface area contributed by atoms with E-state index in [0.717, 1.165) is 26.2 Å². The molecule has 18 heavy (non-hydrogen) atoms. The Labute approximate surface area is 106 Å². The maximum atomic E-state index is 11.8. The van der Waals surface area contributed by atoms with Crippen molar-refractivity contribution in [1.29, 1.82) is 0 Å². The van der Waals surface area contributed by atoms with Crippen LogP contribution in [-0.2, 0) is 4.79 Å². The summed E-state index contributed by atoms with van der Waals surface area (Å²) in [5, 5.41) is 6.07. The second-order valence-electron chi connectivity index (χ2n) is 4.16. The van der Waals surface area contributed by atoms with Crippen molar-refractivity contribution in [2.45, 2.75) is 0 Å². The van der Waals surface area contributed by atoms with Gasteiger partial charge in [0.05, 0.1) is 25.5 Å². The molecule has 1 aromatic heterocycles. The number of hydrogen-bond acceptors (Lipinski definition) is 5. The third kappa shape index (κ3) is 3.68. The van der Waals surface area contributed by atoms with Crippen LogP contribution in [0.2, 0.25) is 0 Å². The molecule has 1 fully saturated rings. The average molecular weight is 250 g/mol. The topological polar surface area (TPSA) is 66.5 Å². The molecule has 6 nitrogen and oxygen atoms in total. The van der Waals surface area contributed by atoms with Crippen molar-refractivity contribution in [3.05, 3.63) is 18.3 Å². The number of amides is 1. The number of piperazine rings is 1. The molecule has 6 heteroatoms. The Kier molecular flexibility index (Phi) is 4.49. The maximum Gasteiger partial charge on any atom is 0.238 e. The summed E-state index contributed by atoms with van der Waals surface area (Å²) < 4.78 is 4.96. The van der Waals surface area contributed by atoms with Crippen molar-refractivity contribution in [1.82, 2.24) is 15.2 Å². The number of anilines is 1. The van der Waals surface area contributed by atoms with E-state index in [1.165, 1.54) is 0 Å². The van der Waals surface area contributed by atoms with E-state index in [2.05, 4.69) is 20.5 Å². The quantitative estimate of drug-likeness (QED) is 0.783. The highest BCUT2D eigenvalue weighted by molar-refractivity contribution is 5.92. The first-order chi connectivity index (χ1) is 8.78. The van der Waals surface area contributed by atoms with Gasteiger partial charge in [-0.05, 0) is 6.07 Å². The van der Waals surface area contributed by atoms with E-state index in [0.29, 0.717) is 18.1 Å². The highest BCUT2D eigenvalue weighted by Crippen LogP contribution is 2.10. The largest absolute Gasteiger partial charge is 0.481 e. The predicted octanol–water partition coefficient (Wildman–Crippen LogP) is -0.0661. The monoisotopic (exact) mass is 250 g/mol. The predicted molar refractivity (Wildman–Crippen MR) is 68.7 cm³/mol. The lowest BCUT2D eigenvalue weighted by molar-refractivity contribution is -0.117. The van der Waals surface area contributed by atoms with Crippen LogP contribution in [-0.4, -0.2) is 55.6 Å². The van der Waals surface area contributed by atoms with E-state index in [9.17, 15) is 4.79 Å². The van der Waals surface area contributed by atoms with Gasteiger partial charge in [-0.3, -0.25) is 9.69 Å². The van der Waals surface area contributed by atoms with Crippen LogP contribution < -0.4 is 15.4 Å². The lowest BCUT2D eigenvalue weighted by Gasteiger charge is -2.26. The van der Waals surface area contributed by atoms with Crippen molar-refractivity contribution in [2.75, 3.05) is 45.2 Å². The molecule has 2 N–H and O–H groups in total. The minimum absolute atomic E-state index is 0.0103. The van der Waals surface area contributed by atoms with Gasteiger partial charge >= 0.3 is 0 Å². The number of pyridine rings is 1. The maximum absolute atomic E-state index is 11.8. The molecule has 0 bridgehead atoms. The molecular formula is C12H18N4O2. The second kappa shape index (κ2) is 6.32. The molecule has 2 rings (SSSR count). The van der Waals surface area contributed by atoms with Crippen molar-refractivity contribution < 1.29 is 9.53 Å². The van der Waals surface area contributed by atoms with Gasteiger partial charge in [-0.25, -0.2) is 4.98 Å². The van der Waals surface area contributed by atoms with Crippen LogP contribution in [0.5, 0.6) is 5.88 Å². The average Bonchev–Trinajstić information content (AvgIpc) is 2.40. The van der Waals surface area contributed by atoms with Crippen LogP contribution in [0, 0.1) is 0 Å². The molecule has 0 spiro atoms. The van der Waals surface area contributed by atoms with Crippen LogP contribution in [0.3, 0.4) is 0 Å². The fourth-order valence-corrected chi connectivity index (χ4v) is 1.85. The molecule has 0 aromatic carbocycles. The van der Waals surface area contributed by atoms with E-state index < -0.39 is 0 Å². The Morgan fingerprint density at radius 2 is 2.28 bits per heavy atom. The third-order valence-electron chi connectivity index (χ3n) is 2.81. The Hall–Kier alpha value is -1.66. The SMILES string of the molecule is COc1ccc(NC(=O)CN2CCNCC2)cn1. The van der Waals surface area contributed by atoms with Gasteiger partial charge in [0.1, 0.15) is 0 Å². The molecule has 1 aliphatic rings. The van der Waals surface area contributed by atoms with Gasteiger partial charge < -0.3 is 15.4 Å². The number of ether oxygens (including phenoxy) is 1. The Bertz CT molecular complexity index is 388. The summed E-state index contributed by atoms with van der Waals surface area (Å²) >= 11 is 0. The Morgan fingerprint density at radius 1 is 1.50 bits per heavy atom. The first-order valence-electron chi connectivity index (χ1n) is 6.01. The number of methoxy groups -OCH3 is 1. The van der Waals surface area contributed by atoms with Crippen molar-refractivity contribution in [3.63, 3.8) is 0 Å². The first kappa shape index (κ1) is 12.8. The highest BCUT2D eigenvalue weighted by Gasteiger charge is 2.13. The van der Waals surface area contributed by atoms with E-state index in [4.69, 9.17) is 4.74 Å². The number of carbonyl (C=O) groups is 1. The molecule has 0 radical (unpaired) electrons. The van der Waals surface area contributed by atoms with Gasteiger partial charge in [0.2, 0.25) is 11.8 Å². The van der Waals surface area contributed by atoms with Gasteiger partial charge in [0.25, 0.3) is 0 Å². The zero-order valence-electron chi connectivity index (χ0n) is 10.5. The molecule has 0 atom stereocenters. The highest BCUT2D eigenvalue weighted by atomic mass is 16.5. The standard InChI is InChI=1S/C12H18N4O2/c1-18-12-3-2-10(8-14-12)15-11(17)9-16-6-4-13-5-7-16/h2-3,8,13H,4-7,9H2,1H3,(H,15,17). The molecule has 98 valence electrons. The van der Waals surface area contributed by atoms with E-state index >= 15 is 0 Å². The lowest BCUT2D eigenvalue weighted by Crippen LogP contribution is -2.46. The molecule has 1 saturated heterocycles. The molecule has 2 heterocycles. The van der Waals surface area contributed by atoms with Gasteiger partial charge in [-0.2, -0.15) is 0 Å². The molecular weight excluding hydrogens is 232 g/mol. The fraction of sp³-hybridized carbons (Fsp3) is 0.500. The number of carbonyl (C=O) groups excluding carboxylic acids is 1. The number of rotatable bonds is 4. The Balaban J connectivity index is 1.82. The minimum Gasteiger partial charge on any atom is -0.481 e. The van der Waals surface area contributed by atoms with Gasteiger partial charge in [-0.15, -0.1) is 0 Å². The van der Waals surface area contributed by atoms with E-state index in [-0.39, 0.29) is 5.91 Å². The molecule has 0 unspecified atom stereocenters. The van der Waals surface area contributed by atoms with E-state index in [1.54, 1.807) is 25.4 Å². The number of nitrogens with one attached hydrogen (secondary N) is 2. The molecule has 0 aliphatic carbocycles. The molecule has 1 amide bonds. The summed E-state index contributed by atoms with van der Waals surface area (Å²) in [5.41, 5.74) is 0.691. The fourth-order valence-electron chi connectivity index (χ4n) is 1.85. The van der Waals surface area contributed by atoms with Crippen LogP contribution in [0.4, 0.5) is 5.69 Å². The van der Waals surface area contributed by atoms with Crippen molar-refractivity contribution in [3.8, 4) is 5.88 Å². The zero-order chi connectivity index (χ0) is 12.8. The summed E-state index contributed by atoms with van der Waals surface area (Å²) in [5.74, 6) is 0.527. The summed E-state index contributed by atoms with van der Waals surface area (Å²) in [7, 11) is 1.56. The summed E-state index contributed by atoms with van der Waals surface area (Å²) in [6.45, 7) is 4.13. The van der Waals surface area contributed by atoms with Crippen LogP contribution in [0.1, 0.15) is 0 Å². The van der Waals surface area contributed by atoms with Crippen molar-refractivity contribution in [2.24, 2.45) is 0 Å². The van der Waals surface area contributed by atoms with Gasteiger partial charge in [0.15, 0.2) is 0 Å². The Morgan fingerprint density at radius 3 is 2.89 bits per heavy atom. The summed E-state index contributed by atoms with van der Waals surface area (Å²) in [6, 6.07) is 3.50. The number of hydrogen-bond donors (Lipinski definition) is 2. The second-order valence-corrected chi connectivity index (χ2v) is 4.16. The summed E-state index contributed by atoms with van der Waals surface area (Å²) in [4.78, 5) is 18.0. The van der Waals surface area contributed by atoms with Gasteiger partial charge in [0, 0.05) is 32.2 Å². The van der Waals surface area contributed by atoms with Gasteiger partial charge in [-0.1, -0.05) is 0 Å². The molecule has 1 aliphatic heterocycles. The van der Waals surface area contributed by atoms with Crippen LogP contribution in [0.25, 0.3) is 0 Å². The zero-order valence-corrected chi connectivity index (χ0v) is 10.5. The number of nitrogens with zero attached hydrogens (tertiary/aromatic N) is 2. The number of aromatic nitrogens is 1.